The largest absolute Gasteiger partial charge is 0.279 e. The lowest BCUT2D eigenvalue weighted by molar-refractivity contribution is 0.571. The van der Waals surface area contributed by atoms with Crippen LogP contribution in [0.2, 0.25) is 0 Å². The summed E-state index contributed by atoms with van der Waals surface area (Å²) in [5.74, 6) is 6.19. The van der Waals surface area contributed by atoms with Crippen molar-refractivity contribution in [3.63, 3.8) is 0 Å². The second-order valence-electron chi connectivity index (χ2n) is 7.11. The van der Waals surface area contributed by atoms with Crippen molar-refractivity contribution in [1.82, 2.24) is 0 Å². The van der Waals surface area contributed by atoms with Gasteiger partial charge in [-0.25, -0.2) is 22.0 Å². The van der Waals surface area contributed by atoms with E-state index in [9.17, 15) is 16.8 Å². The Hall–Kier alpha value is -2.60. The maximum atomic E-state index is 12.3. The van der Waals surface area contributed by atoms with Crippen molar-refractivity contribution in [1.29, 1.82) is 0 Å². The summed E-state index contributed by atoms with van der Waals surface area (Å²) >= 11 is 0. The molecular weight excluding hydrogens is 396 g/mol. The molecule has 6 nitrogen and oxygen atoms in total. The van der Waals surface area contributed by atoms with E-state index in [1.165, 1.54) is 30.3 Å². The van der Waals surface area contributed by atoms with Gasteiger partial charge in [0.15, 0.2) is 0 Å². The highest BCUT2D eigenvalue weighted by atomic mass is 32.2. The SMILES string of the molecule is CC(C)(C)C#Cc1ccc(/C=C/S(=O)(=O)Nc2ccccc2S(N)(=O)=O)cc1. The number of nitrogens with two attached hydrogens (primary N) is 1. The van der Waals surface area contributed by atoms with E-state index >= 15 is 0 Å². The highest BCUT2D eigenvalue weighted by Crippen LogP contribution is 2.21. The predicted molar refractivity (Wildman–Crippen MR) is 112 cm³/mol. The van der Waals surface area contributed by atoms with Crippen LogP contribution in [-0.2, 0) is 20.0 Å². The third-order valence-electron chi connectivity index (χ3n) is 3.38. The van der Waals surface area contributed by atoms with Crippen LogP contribution in [0.5, 0.6) is 0 Å². The zero-order valence-electron chi connectivity index (χ0n) is 15.8. The Kier molecular flexibility index (Phi) is 6.34. The van der Waals surface area contributed by atoms with Crippen molar-refractivity contribution < 1.29 is 16.8 Å². The van der Waals surface area contributed by atoms with Gasteiger partial charge in [-0.05, 0) is 56.7 Å². The first-order chi connectivity index (χ1) is 12.9. The van der Waals surface area contributed by atoms with Crippen LogP contribution < -0.4 is 9.86 Å². The lowest BCUT2D eigenvalue weighted by Crippen LogP contribution is -2.17. The molecule has 0 fully saturated rings. The second-order valence-corrected chi connectivity index (χ2v) is 10.2. The van der Waals surface area contributed by atoms with E-state index in [2.05, 4.69) is 16.6 Å². The topological polar surface area (TPSA) is 106 Å². The van der Waals surface area contributed by atoms with Gasteiger partial charge >= 0.3 is 0 Å². The number of benzene rings is 2. The van der Waals surface area contributed by atoms with Gasteiger partial charge in [0, 0.05) is 11.0 Å². The van der Waals surface area contributed by atoms with E-state index in [1.807, 2.05) is 20.8 Å². The number of sulfonamides is 2. The fraction of sp³-hybridized carbons (Fsp3) is 0.200. The zero-order valence-corrected chi connectivity index (χ0v) is 17.4. The molecule has 0 aromatic heterocycles. The van der Waals surface area contributed by atoms with Crippen molar-refractivity contribution >= 4 is 31.8 Å². The third-order valence-corrected chi connectivity index (χ3v) is 5.35. The molecule has 148 valence electrons. The van der Waals surface area contributed by atoms with E-state index in [1.54, 1.807) is 24.3 Å². The standard InChI is InChI=1S/C20H22N2O4S2/c1-20(2,3)14-12-16-8-10-17(11-9-16)13-15-27(23,24)22-18-6-4-5-7-19(18)28(21,25)26/h4-11,13,15,22H,1-3H3,(H2,21,25,26)/b15-13+. The number of para-hydroxylation sites is 1. The molecule has 0 saturated heterocycles. The molecule has 0 aliphatic carbocycles. The second kappa shape index (κ2) is 8.19. The van der Waals surface area contributed by atoms with Gasteiger partial charge in [-0.15, -0.1) is 0 Å². The van der Waals surface area contributed by atoms with Crippen molar-refractivity contribution in [2.75, 3.05) is 4.72 Å². The molecule has 3 N–H and O–H groups in total. The van der Waals surface area contributed by atoms with Gasteiger partial charge < -0.3 is 0 Å². The minimum atomic E-state index is -4.06. The minimum absolute atomic E-state index is 0.106. The minimum Gasteiger partial charge on any atom is -0.279 e. The third kappa shape index (κ3) is 6.85. The lowest BCUT2D eigenvalue weighted by Gasteiger charge is -2.09. The van der Waals surface area contributed by atoms with E-state index in [0.29, 0.717) is 5.56 Å². The summed E-state index contributed by atoms with van der Waals surface area (Å²) in [6.45, 7) is 6.05. The van der Waals surface area contributed by atoms with E-state index in [0.717, 1.165) is 11.0 Å². The number of rotatable bonds is 5. The molecule has 0 spiro atoms. The van der Waals surface area contributed by atoms with Crippen LogP contribution in [0.15, 0.2) is 58.8 Å². The molecule has 0 unspecified atom stereocenters. The van der Waals surface area contributed by atoms with Crippen molar-refractivity contribution in [3.05, 3.63) is 65.1 Å². The number of nitrogens with one attached hydrogen (secondary N) is 1. The Bertz CT molecular complexity index is 1150. The monoisotopic (exact) mass is 418 g/mol. The zero-order chi connectivity index (χ0) is 21.0. The number of primary sulfonamides is 1. The van der Waals surface area contributed by atoms with Gasteiger partial charge in [0.1, 0.15) is 4.90 Å². The highest BCUT2D eigenvalue weighted by Gasteiger charge is 2.16. The number of hydrogen-bond donors (Lipinski definition) is 2. The Morgan fingerprint density at radius 2 is 1.57 bits per heavy atom. The molecule has 0 aliphatic rings. The van der Waals surface area contributed by atoms with Gasteiger partial charge in [-0.2, -0.15) is 0 Å². The van der Waals surface area contributed by atoms with Crippen LogP contribution in [0.1, 0.15) is 31.9 Å². The van der Waals surface area contributed by atoms with E-state index in [-0.39, 0.29) is 16.0 Å². The number of anilines is 1. The van der Waals surface area contributed by atoms with Crippen LogP contribution in [0, 0.1) is 17.3 Å². The fourth-order valence-corrected chi connectivity index (χ4v) is 3.74. The van der Waals surface area contributed by atoms with Crippen LogP contribution >= 0.6 is 0 Å². The molecule has 2 rings (SSSR count). The van der Waals surface area contributed by atoms with Crippen LogP contribution in [0.3, 0.4) is 0 Å². The molecule has 8 heteroatoms. The molecule has 0 amide bonds. The molecule has 2 aromatic rings. The van der Waals surface area contributed by atoms with Gasteiger partial charge in [0.2, 0.25) is 10.0 Å². The molecule has 0 aliphatic heterocycles. The maximum Gasteiger partial charge on any atom is 0.255 e. The molecule has 2 aromatic carbocycles. The molecule has 0 bridgehead atoms. The first kappa shape index (κ1) is 21.7. The Balaban J connectivity index is 2.19. The summed E-state index contributed by atoms with van der Waals surface area (Å²) in [6.07, 6.45) is 1.41. The molecule has 0 radical (unpaired) electrons. The molecule has 28 heavy (non-hydrogen) atoms. The van der Waals surface area contributed by atoms with E-state index in [4.69, 9.17) is 5.14 Å². The van der Waals surface area contributed by atoms with Crippen molar-refractivity contribution in [2.45, 2.75) is 25.7 Å². The predicted octanol–water partition coefficient (Wildman–Crippen LogP) is 3.14. The van der Waals surface area contributed by atoms with Crippen LogP contribution in [0.4, 0.5) is 5.69 Å². The summed E-state index contributed by atoms with van der Waals surface area (Å²) in [5, 5.41) is 6.08. The molecule has 0 atom stereocenters. The first-order valence-corrected chi connectivity index (χ1v) is 11.4. The Morgan fingerprint density at radius 1 is 0.964 bits per heavy atom. The van der Waals surface area contributed by atoms with Crippen LogP contribution in [0.25, 0.3) is 6.08 Å². The van der Waals surface area contributed by atoms with E-state index < -0.39 is 20.0 Å². The first-order valence-electron chi connectivity index (χ1n) is 8.32. The molecule has 0 saturated carbocycles. The van der Waals surface area contributed by atoms with Crippen molar-refractivity contribution in [2.24, 2.45) is 10.6 Å². The number of hydrogen-bond acceptors (Lipinski definition) is 4. The summed E-state index contributed by atoms with van der Waals surface area (Å²) in [6, 6.07) is 12.6. The summed E-state index contributed by atoms with van der Waals surface area (Å²) in [7, 11) is -7.99. The summed E-state index contributed by atoms with van der Waals surface area (Å²) in [4.78, 5) is -0.297. The normalized spacial score (nSPS) is 12.4. The molecular formula is C20H22N2O4S2. The summed E-state index contributed by atoms with van der Waals surface area (Å²) < 4.78 is 49.9. The summed E-state index contributed by atoms with van der Waals surface area (Å²) in [5.41, 5.74) is 1.27. The highest BCUT2D eigenvalue weighted by molar-refractivity contribution is 7.95. The van der Waals surface area contributed by atoms with Gasteiger partial charge in [0.05, 0.1) is 11.1 Å². The van der Waals surface area contributed by atoms with Gasteiger partial charge in [0.25, 0.3) is 10.0 Å². The smallest absolute Gasteiger partial charge is 0.255 e. The Morgan fingerprint density at radius 3 is 2.14 bits per heavy atom. The quantitative estimate of drug-likeness (QED) is 0.728. The average Bonchev–Trinajstić information content (AvgIpc) is 2.58. The fourth-order valence-electron chi connectivity index (χ4n) is 2.09. The average molecular weight is 419 g/mol. The van der Waals surface area contributed by atoms with Crippen molar-refractivity contribution in [3.8, 4) is 11.8 Å². The van der Waals surface area contributed by atoms with Gasteiger partial charge in [-0.1, -0.05) is 36.1 Å². The lowest BCUT2D eigenvalue weighted by atomic mass is 9.97. The van der Waals surface area contributed by atoms with Crippen LogP contribution in [-0.4, -0.2) is 16.8 Å². The molecule has 0 heterocycles. The maximum absolute atomic E-state index is 12.3. The van der Waals surface area contributed by atoms with Gasteiger partial charge in [-0.3, -0.25) is 4.72 Å². The Labute approximate surface area is 166 Å².